The van der Waals surface area contributed by atoms with Crippen LogP contribution in [0.25, 0.3) is 0 Å². The minimum Gasteiger partial charge on any atom is -0.356 e. The molecule has 1 amide bonds. The first kappa shape index (κ1) is 18.9. The van der Waals surface area contributed by atoms with Gasteiger partial charge in [-0.2, -0.15) is 0 Å². The Morgan fingerprint density at radius 3 is 1.67 bits per heavy atom. The molecule has 138 valence electrons. The van der Waals surface area contributed by atoms with E-state index in [1.165, 1.54) is 16.7 Å². The molecule has 0 aromatic heterocycles. The van der Waals surface area contributed by atoms with Crippen molar-refractivity contribution in [1.82, 2.24) is 5.32 Å². The van der Waals surface area contributed by atoms with Gasteiger partial charge in [0.25, 0.3) is 0 Å². The van der Waals surface area contributed by atoms with Gasteiger partial charge in [-0.1, -0.05) is 97.9 Å². The van der Waals surface area contributed by atoms with Crippen molar-refractivity contribution in [3.63, 3.8) is 0 Å². The Morgan fingerprint density at radius 1 is 0.741 bits per heavy atom. The summed E-state index contributed by atoms with van der Waals surface area (Å²) in [5.41, 5.74) is 3.78. The van der Waals surface area contributed by atoms with Crippen molar-refractivity contribution in [1.29, 1.82) is 0 Å². The fraction of sp³-hybridized carbons (Fsp3) is 0.240. The second-order valence-electron chi connectivity index (χ2n) is 7.03. The maximum absolute atomic E-state index is 12.4. The molecule has 2 nitrogen and oxygen atoms in total. The average Bonchev–Trinajstić information content (AvgIpc) is 2.73. The molecule has 0 spiro atoms. The van der Waals surface area contributed by atoms with Crippen molar-refractivity contribution in [3.8, 4) is 0 Å². The number of benzene rings is 3. The minimum absolute atomic E-state index is 0.117. The van der Waals surface area contributed by atoms with Crippen molar-refractivity contribution >= 4 is 5.91 Å². The van der Waals surface area contributed by atoms with Gasteiger partial charge < -0.3 is 5.32 Å². The zero-order chi connectivity index (χ0) is 18.9. The van der Waals surface area contributed by atoms with Gasteiger partial charge in [-0.3, -0.25) is 4.79 Å². The van der Waals surface area contributed by atoms with E-state index < -0.39 is 0 Å². The summed E-state index contributed by atoms with van der Waals surface area (Å²) in [6.07, 6.45) is 1.41. The van der Waals surface area contributed by atoms with Crippen molar-refractivity contribution in [2.24, 2.45) is 0 Å². The number of hydrogen-bond donors (Lipinski definition) is 1. The lowest BCUT2D eigenvalue weighted by Gasteiger charge is -2.19. The molecule has 0 radical (unpaired) electrons. The smallest absolute Gasteiger partial charge is 0.220 e. The molecule has 3 aromatic carbocycles. The molecule has 0 heterocycles. The highest BCUT2D eigenvalue weighted by atomic mass is 16.1. The summed E-state index contributed by atoms with van der Waals surface area (Å²) in [4.78, 5) is 12.4. The molecule has 0 bridgehead atoms. The van der Waals surface area contributed by atoms with E-state index in [2.05, 4.69) is 72.9 Å². The lowest BCUT2D eigenvalue weighted by molar-refractivity contribution is -0.121. The fourth-order valence-corrected chi connectivity index (χ4v) is 3.50. The van der Waals surface area contributed by atoms with Crippen LogP contribution in [0.3, 0.4) is 0 Å². The van der Waals surface area contributed by atoms with Crippen molar-refractivity contribution in [2.75, 3.05) is 6.54 Å². The van der Waals surface area contributed by atoms with Crippen LogP contribution in [-0.4, -0.2) is 12.5 Å². The van der Waals surface area contributed by atoms with Crippen LogP contribution in [0.15, 0.2) is 91.0 Å². The Hall–Kier alpha value is -2.87. The predicted molar refractivity (Wildman–Crippen MR) is 112 cm³/mol. The lowest BCUT2D eigenvalue weighted by atomic mass is 9.88. The van der Waals surface area contributed by atoms with E-state index in [-0.39, 0.29) is 11.8 Å². The zero-order valence-corrected chi connectivity index (χ0v) is 15.8. The molecule has 3 aromatic rings. The molecular weight excluding hydrogens is 330 g/mol. The molecular formula is C25H27NO. The standard InChI is InChI=1S/C25H27NO/c1-20(21-11-5-2-6-12-21)19-25(27)26-18-17-24(22-13-7-3-8-14-22)23-15-9-4-10-16-23/h2-16,20,24H,17-19H2,1H3,(H,26,27). The Labute approximate surface area is 162 Å². The Kier molecular flexibility index (Phi) is 6.81. The molecule has 27 heavy (non-hydrogen) atoms. The van der Waals surface area contributed by atoms with Crippen LogP contribution in [0.2, 0.25) is 0 Å². The number of carbonyl (C=O) groups excluding carboxylic acids is 1. The first-order valence-electron chi connectivity index (χ1n) is 9.65. The van der Waals surface area contributed by atoms with Crippen LogP contribution in [0.1, 0.15) is 48.3 Å². The molecule has 1 N–H and O–H groups in total. The van der Waals surface area contributed by atoms with Gasteiger partial charge in [-0.05, 0) is 29.0 Å². The van der Waals surface area contributed by atoms with Crippen LogP contribution in [0.5, 0.6) is 0 Å². The van der Waals surface area contributed by atoms with Gasteiger partial charge in [0.05, 0.1) is 0 Å². The lowest BCUT2D eigenvalue weighted by Crippen LogP contribution is -2.26. The van der Waals surface area contributed by atoms with E-state index in [0.717, 1.165) is 6.42 Å². The number of rotatable bonds is 8. The van der Waals surface area contributed by atoms with E-state index in [9.17, 15) is 4.79 Å². The molecule has 0 aliphatic rings. The zero-order valence-electron chi connectivity index (χ0n) is 15.8. The number of hydrogen-bond acceptors (Lipinski definition) is 1. The SMILES string of the molecule is CC(CC(=O)NCCC(c1ccccc1)c1ccccc1)c1ccccc1. The summed E-state index contributed by atoms with van der Waals surface area (Å²) >= 11 is 0. The third-order valence-corrected chi connectivity index (χ3v) is 5.02. The summed E-state index contributed by atoms with van der Waals surface area (Å²) in [5, 5.41) is 3.11. The monoisotopic (exact) mass is 357 g/mol. The highest BCUT2D eigenvalue weighted by molar-refractivity contribution is 5.76. The van der Waals surface area contributed by atoms with Crippen molar-refractivity contribution in [3.05, 3.63) is 108 Å². The first-order valence-corrected chi connectivity index (χ1v) is 9.65. The Balaban J connectivity index is 1.57. The third-order valence-electron chi connectivity index (χ3n) is 5.02. The molecule has 0 aliphatic carbocycles. The van der Waals surface area contributed by atoms with Crippen LogP contribution in [0, 0.1) is 0 Å². The first-order chi connectivity index (χ1) is 13.2. The van der Waals surface area contributed by atoms with Gasteiger partial charge in [-0.25, -0.2) is 0 Å². The molecule has 0 fully saturated rings. The third kappa shape index (κ3) is 5.55. The van der Waals surface area contributed by atoms with E-state index in [1.54, 1.807) is 0 Å². The second-order valence-corrected chi connectivity index (χ2v) is 7.03. The molecule has 1 unspecified atom stereocenters. The van der Waals surface area contributed by atoms with Gasteiger partial charge in [0, 0.05) is 18.9 Å². The average molecular weight is 357 g/mol. The number of nitrogens with one attached hydrogen (secondary N) is 1. The maximum atomic E-state index is 12.4. The van der Waals surface area contributed by atoms with Crippen molar-refractivity contribution < 1.29 is 4.79 Å². The van der Waals surface area contributed by atoms with Gasteiger partial charge in [0.2, 0.25) is 5.91 Å². The quantitative estimate of drug-likeness (QED) is 0.565. The highest BCUT2D eigenvalue weighted by Crippen LogP contribution is 2.27. The van der Waals surface area contributed by atoms with Gasteiger partial charge in [0.1, 0.15) is 0 Å². The van der Waals surface area contributed by atoms with Gasteiger partial charge in [-0.15, -0.1) is 0 Å². The van der Waals surface area contributed by atoms with Crippen molar-refractivity contribution in [2.45, 2.75) is 31.6 Å². The van der Waals surface area contributed by atoms with Gasteiger partial charge in [0.15, 0.2) is 0 Å². The topological polar surface area (TPSA) is 29.1 Å². The summed E-state index contributed by atoms with van der Waals surface area (Å²) in [6.45, 7) is 2.78. The van der Waals surface area contributed by atoms with Crippen LogP contribution >= 0.6 is 0 Å². The van der Waals surface area contributed by atoms with Crippen LogP contribution in [-0.2, 0) is 4.79 Å². The van der Waals surface area contributed by atoms with Gasteiger partial charge >= 0.3 is 0 Å². The molecule has 1 atom stereocenters. The predicted octanol–water partition coefficient (Wildman–Crippen LogP) is 5.52. The molecule has 3 rings (SSSR count). The largest absolute Gasteiger partial charge is 0.356 e. The van der Waals surface area contributed by atoms with E-state index in [0.29, 0.717) is 18.9 Å². The summed E-state index contributed by atoms with van der Waals surface area (Å²) in [6, 6.07) is 31.2. The second kappa shape index (κ2) is 9.72. The summed E-state index contributed by atoms with van der Waals surface area (Å²) in [7, 11) is 0. The van der Waals surface area contributed by atoms with E-state index in [1.807, 2.05) is 30.3 Å². The molecule has 0 saturated carbocycles. The molecule has 2 heteroatoms. The van der Waals surface area contributed by atoms with Crippen LogP contribution in [0.4, 0.5) is 0 Å². The Morgan fingerprint density at radius 2 is 1.19 bits per heavy atom. The number of carbonyl (C=O) groups is 1. The van der Waals surface area contributed by atoms with Crippen LogP contribution < -0.4 is 5.32 Å². The van der Waals surface area contributed by atoms with E-state index in [4.69, 9.17) is 0 Å². The fourth-order valence-electron chi connectivity index (χ4n) is 3.50. The molecule has 0 saturated heterocycles. The summed E-state index contributed by atoms with van der Waals surface area (Å²) in [5.74, 6) is 0.635. The minimum atomic E-state index is 0.117. The normalized spacial score (nSPS) is 11.9. The number of amides is 1. The summed E-state index contributed by atoms with van der Waals surface area (Å²) < 4.78 is 0. The van der Waals surface area contributed by atoms with E-state index >= 15 is 0 Å². The Bertz CT molecular complexity index is 775. The highest BCUT2D eigenvalue weighted by Gasteiger charge is 2.15. The molecule has 0 aliphatic heterocycles. The maximum Gasteiger partial charge on any atom is 0.220 e.